The Hall–Kier alpha value is -0.0800. The van der Waals surface area contributed by atoms with Gasteiger partial charge in [0.25, 0.3) is 0 Å². The molecule has 18 heavy (non-hydrogen) atoms. The third kappa shape index (κ3) is 4.24. The number of nitrogens with one attached hydrogen (secondary N) is 1. The van der Waals surface area contributed by atoms with Gasteiger partial charge in [0.05, 0.1) is 0 Å². The molecule has 1 aliphatic heterocycles. The molecule has 2 nitrogen and oxygen atoms in total. The number of rotatable bonds is 4. The highest BCUT2D eigenvalue weighted by atomic mass is 15.1. The summed E-state index contributed by atoms with van der Waals surface area (Å²) in [7, 11) is 2.27. The summed E-state index contributed by atoms with van der Waals surface area (Å²) in [5.41, 5.74) is 0. The Morgan fingerprint density at radius 2 is 2.00 bits per heavy atom. The SMILES string of the molecule is CC(C)C1CCCC(NCC2CCCN(C)C2)C1. The van der Waals surface area contributed by atoms with Gasteiger partial charge in [0, 0.05) is 12.6 Å². The first kappa shape index (κ1) is 14.3. The molecule has 0 aromatic rings. The zero-order valence-electron chi connectivity index (χ0n) is 12.6. The predicted molar refractivity (Wildman–Crippen MR) is 78.8 cm³/mol. The maximum absolute atomic E-state index is 3.87. The van der Waals surface area contributed by atoms with Gasteiger partial charge in [-0.3, -0.25) is 0 Å². The van der Waals surface area contributed by atoms with Gasteiger partial charge in [-0.15, -0.1) is 0 Å². The van der Waals surface area contributed by atoms with Crippen molar-refractivity contribution < 1.29 is 0 Å². The van der Waals surface area contributed by atoms with Crippen LogP contribution in [0.3, 0.4) is 0 Å². The van der Waals surface area contributed by atoms with E-state index in [1.165, 1.54) is 58.2 Å². The smallest absolute Gasteiger partial charge is 0.00699 e. The van der Waals surface area contributed by atoms with Crippen LogP contribution in [0.25, 0.3) is 0 Å². The lowest BCUT2D eigenvalue weighted by atomic mass is 9.79. The second-order valence-electron chi connectivity index (χ2n) is 7.05. The fraction of sp³-hybridized carbons (Fsp3) is 1.00. The molecule has 1 saturated heterocycles. The van der Waals surface area contributed by atoms with Crippen LogP contribution in [0, 0.1) is 17.8 Å². The first-order valence-electron chi connectivity index (χ1n) is 8.07. The van der Waals surface area contributed by atoms with Gasteiger partial charge < -0.3 is 10.2 Å². The minimum Gasteiger partial charge on any atom is -0.314 e. The molecule has 1 saturated carbocycles. The molecule has 0 aromatic heterocycles. The maximum atomic E-state index is 3.87. The third-order valence-electron chi connectivity index (χ3n) is 5.07. The Morgan fingerprint density at radius 1 is 1.17 bits per heavy atom. The molecule has 0 spiro atoms. The zero-order valence-corrected chi connectivity index (χ0v) is 12.6. The van der Waals surface area contributed by atoms with Crippen LogP contribution >= 0.6 is 0 Å². The molecule has 0 radical (unpaired) electrons. The predicted octanol–water partition coefficient (Wildman–Crippen LogP) is 3.13. The van der Waals surface area contributed by atoms with Gasteiger partial charge in [-0.1, -0.05) is 26.7 Å². The lowest BCUT2D eigenvalue weighted by Gasteiger charge is -2.35. The fourth-order valence-electron chi connectivity index (χ4n) is 3.79. The summed E-state index contributed by atoms with van der Waals surface area (Å²) in [4.78, 5) is 2.49. The molecule has 3 unspecified atom stereocenters. The van der Waals surface area contributed by atoms with Crippen LogP contribution in [0.15, 0.2) is 0 Å². The van der Waals surface area contributed by atoms with Gasteiger partial charge in [0.2, 0.25) is 0 Å². The molecule has 0 amide bonds. The van der Waals surface area contributed by atoms with Crippen molar-refractivity contribution >= 4 is 0 Å². The minimum atomic E-state index is 0.804. The molecule has 2 heteroatoms. The molecular weight excluding hydrogens is 220 g/mol. The first-order valence-corrected chi connectivity index (χ1v) is 8.07. The van der Waals surface area contributed by atoms with Crippen LogP contribution < -0.4 is 5.32 Å². The summed E-state index contributed by atoms with van der Waals surface area (Å²) < 4.78 is 0. The Morgan fingerprint density at radius 3 is 2.72 bits per heavy atom. The quantitative estimate of drug-likeness (QED) is 0.827. The van der Waals surface area contributed by atoms with Crippen molar-refractivity contribution in [3.05, 3.63) is 0 Å². The van der Waals surface area contributed by atoms with Gasteiger partial charge in [-0.05, 0) is 63.6 Å². The molecule has 1 aliphatic carbocycles. The summed E-state index contributed by atoms with van der Waals surface area (Å²) >= 11 is 0. The van der Waals surface area contributed by atoms with Crippen molar-refractivity contribution in [1.29, 1.82) is 0 Å². The normalized spacial score (nSPS) is 35.0. The van der Waals surface area contributed by atoms with Crippen molar-refractivity contribution in [2.75, 3.05) is 26.7 Å². The molecule has 1 heterocycles. The Labute approximate surface area is 114 Å². The third-order valence-corrected chi connectivity index (χ3v) is 5.07. The van der Waals surface area contributed by atoms with E-state index in [1.807, 2.05) is 0 Å². The lowest BCUT2D eigenvalue weighted by Crippen LogP contribution is -2.42. The lowest BCUT2D eigenvalue weighted by molar-refractivity contribution is 0.185. The van der Waals surface area contributed by atoms with Crippen molar-refractivity contribution in [3.63, 3.8) is 0 Å². The number of likely N-dealkylation sites (tertiary alicyclic amines) is 1. The van der Waals surface area contributed by atoms with Crippen molar-refractivity contribution in [2.24, 2.45) is 17.8 Å². The summed E-state index contributed by atoms with van der Waals surface area (Å²) in [6.45, 7) is 8.63. The van der Waals surface area contributed by atoms with E-state index in [-0.39, 0.29) is 0 Å². The van der Waals surface area contributed by atoms with Crippen LogP contribution in [0.4, 0.5) is 0 Å². The van der Waals surface area contributed by atoms with E-state index in [4.69, 9.17) is 0 Å². The van der Waals surface area contributed by atoms with E-state index >= 15 is 0 Å². The van der Waals surface area contributed by atoms with Crippen molar-refractivity contribution in [3.8, 4) is 0 Å². The van der Waals surface area contributed by atoms with E-state index in [0.29, 0.717) is 0 Å². The Kier molecular flexibility index (Phi) is 5.50. The molecule has 2 aliphatic rings. The van der Waals surface area contributed by atoms with Crippen molar-refractivity contribution in [1.82, 2.24) is 10.2 Å². The van der Waals surface area contributed by atoms with Crippen LogP contribution in [0.5, 0.6) is 0 Å². The fourth-order valence-corrected chi connectivity index (χ4v) is 3.79. The molecule has 1 N–H and O–H groups in total. The van der Waals surface area contributed by atoms with Crippen LogP contribution in [0.2, 0.25) is 0 Å². The van der Waals surface area contributed by atoms with E-state index in [1.54, 1.807) is 0 Å². The number of hydrogen-bond donors (Lipinski definition) is 1. The molecular formula is C16H32N2. The van der Waals surface area contributed by atoms with E-state index in [9.17, 15) is 0 Å². The number of hydrogen-bond acceptors (Lipinski definition) is 2. The highest BCUT2D eigenvalue weighted by molar-refractivity contribution is 4.81. The number of piperidine rings is 1. The average Bonchev–Trinajstić information content (AvgIpc) is 2.37. The standard InChI is InChI=1S/C16H32N2/c1-13(2)15-7-4-8-16(10-15)17-11-14-6-5-9-18(3)12-14/h13-17H,4-12H2,1-3H3. The minimum absolute atomic E-state index is 0.804. The van der Waals surface area contributed by atoms with Crippen LogP contribution in [0.1, 0.15) is 52.4 Å². The summed E-state index contributed by atoms with van der Waals surface area (Å²) in [5.74, 6) is 2.73. The maximum Gasteiger partial charge on any atom is 0.00699 e. The van der Waals surface area contributed by atoms with Gasteiger partial charge in [0.15, 0.2) is 0 Å². The van der Waals surface area contributed by atoms with Crippen LogP contribution in [-0.2, 0) is 0 Å². The summed E-state index contributed by atoms with van der Waals surface area (Å²) in [6, 6.07) is 0.804. The molecule has 0 aromatic carbocycles. The summed E-state index contributed by atoms with van der Waals surface area (Å²) in [5, 5.41) is 3.87. The highest BCUT2D eigenvalue weighted by Crippen LogP contribution is 2.30. The monoisotopic (exact) mass is 252 g/mol. The van der Waals surface area contributed by atoms with Crippen LogP contribution in [-0.4, -0.2) is 37.6 Å². The van der Waals surface area contributed by atoms with Gasteiger partial charge in [0.1, 0.15) is 0 Å². The average molecular weight is 252 g/mol. The van der Waals surface area contributed by atoms with Gasteiger partial charge >= 0.3 is 0 Å². The highest BCUT2D eigenvalue weighted by Gasteiger charge is 2.25. The molecule has 0 bridgehead atoms. The van der Waals surface area contributed by atoms with E-state index in [0.717, 1.165) is 23.8 Å². The Balaban J connectivity index is 1.69. The number of nitrogens with zero attached hydrogens (tertiary/aromatic N) is 1. The molecule has 2 rings (SSSR count). The zero-order chi connectivity index (χ0) is 13.0. The topological polar surface area (TPSA) is 15.3 Å². The molecule has 106 valence electrons. The Bertz CT molecular complexity index is 239. The first-order chi connectivity index (χ1) is 8.65. The summed E-state index contributed by atoms with van der Waals surface area (Å²) in [6.07, 6.45) is 8.54. The van der Waals surface area contributed by atoms with E-state index in [2.05, 4.69) is 31.1 Å². The van der Waals surface area contributed by atoms with Gasteiger partial charge in [-0.25, -0.2) is 0 Å². The molecule has 2 fully saturated rings. The molecule has 3 atom stereocenters. The van der Waals surface area contributed by atoms with Crippen molar-refractivity contribution in [2.45, 2.75) is 58.4 Å². The van der Waals surface area contributed by atoms with E-state index < -0.39 is 0 Å². The van der Waals surface area contributed by atoms with Gasteiger partial charge in [-0.2, -0.15) is 0 Å². The second kappa shape index (κ2) is 6.91. The largest absolute Gasteiger partial charge is 0.314 e. The second-order valence-corrected chi connectivity index (χ2v) is 7.05.